The summed E-state index contributed by atoms with van der Waals surface area (Å²) in [5.74, 6) is 1.18. The molecule has 1 aromatic rings. The predicted octanol–water partition coefficient (Wildman–Crippen LogP) is 3.49. The van der Waals surface area contributed by atoms with Crippen molar-refractivity contribution < 1.29 is 4.79 Å². The number of amides is 1. The highest BCUT2D eigenvalue weighted by Gasteiger charge is 2.65. The fourth-order valence-electron chi connectivity index (χ4n) is 5.95. The first-order valence-corrected chi connectivity index (χ1v) is 9.58. The average Bonchev–Trinajstić information content (AvgIpc) is 3.09. The molecule has 0 aromatic carbocycles. The van der Waals surface area contributed by atoms with Crippen molar-refractivity contribution in [1.29, 1.82) is 0 Å². The lowest BCUT2D eigenvalue weighted by Gasteiger charge is -2.39. The number of carbonyl (C=O) groups is 1. The molecule has 5 atom stereocenters. The quantitative estimate of drug-likeness (QED) is 0.854. The van der Waals surface area contributed by atoms with Crippen molar-refractivity contribution in [3.05, 3.63) is 54.0 Å². The van der Waals surface area contributed by atoms with Gasteiger partial charge >= 0.3 is 0 Å². The molecule has 25 heavy (non-hydrogen) atoms. The topological polar surface area (TPSA) is 45.2 Å². The van der Waals surface area contributed by atoms with Gasteiger partial charge < -0.3 is 10.2 Å². The highest BCUT2D eigenvalue weighted by atomic mass is 16.2. The first-order valence-electron chi connectivity index (χ1n) is 9.58. The van der Waals surface area contributed by atoms with Crippen molar-refractivity contribution in [1.82, 2.24) is 15.2 Å². The maximum Gasteiger partial charge on any atom is 0.274 e. The maximum absolute atomic E-state index is 13.4. The van der Waals surface area contributed by atoms with Gasteiger partial charge in [-0.3, -0.25) is 9.78 Å². The molecule has 3 fully saturated rings. The Morgan fingerprint density at radius 3 is 3.04 bits per heavy atom. The van der Waals surface area contributed by atoms with Crippen LogP contribution < -0.4 is 5.32 Å². The van der Waals surface area contributed by atoms with E-state index in [1.54, 1.807) is 6.20 Å². The smallest absolute Gasteiger partial charge is 0.274 e. The van der Waals surface area contributed by atoms with Gasteiger partial charge in [0.2, 0.25) is 0 Å². The van der Waals surface area contributed by atoms with Crippen molar-refractivity contribution in [2.45, 2.75) is 51.2 Å². The SMILES string of the molecule is C[C@]12C3CC=CC=C3N[C@H]1N(C(=O)c1ccccn1)[C@H]1CCCC[C@@H]12. The van der Waals surface area contributed by atoms with E-state index < -0.39 is 0 Å². The molecule has 0 spiro atoms. The third kappa shape index (κ3) is 2.00. The molecule has 4 nitrogen and oxygen atoms in total. The molecule has 4 aliphatic rings. The van der Waals surface area contributed by atoms with Crippen LogP contribution in [0.3, 0.4) is 0 Å². The highest BCUT2D eigenvalue weighted by Crippen LogP contribution is 2.60. The van der Waals surface area contributed by atoms with Gasteiger partial charge in [-0.15, -0.1) is 0 Å². The Kier molecular flexibility index (Phi) is 3.31. The number of pyridine rings is 1. The number of allylic oxidation sites excluding steroid dienone is 4. The number of nitrogens with zero attached hydrogens (tertiary/aromatic N) is 2. The summed E-state index contributed by atoms with van der Waals surface area (Å²) in [6, 6.07) is 5.96. The molecule has 1 unspecified atom stereocenters. The summed E-state index contributed by atoms with van der Waals surface area (Å²) in [7, 11) is 0. The van der Waals surface area contributed by atoms with Gasteiger partial charge in [0, 0.05) is 29.3 Å². The maximum atomic E-state index is 13.4. The normalized spacial score (nSPS) is 38.4. The van der Waals surface area contributed by atoms with Crippen LogP contribution in [0.4, 0.5) is 0 Å². The molecule has 3 heterocycles. The molecule has 1 saturated carbocycles. The van der Waals surface area contributed by atoms with Crippen LogP contribution in [0.2, 0.25) is 0 Å². The number of nitrogens with one attached hydrogen (secondary N) is 1. The largest absolute Gasteiger partial charge is 0.368 e. The highest BCUT2D eigenvalue weighted by molar-refractivity contribution is 5.93. The van der Waals surface area contributed by atoms with Gasteiger partial charge in [-0.1, -0.05) is 38.0 Å². The van der Waals surface area contributed by atoms with E-state index in [9.17, 15) is 4.79 Å². The summed E-state index contributed by atoms with van der Waals surface area (Å²) in [5.41, 5.74) is 2.00. The Morgan fingerprint density at radius 2 is 2.20 bits per heavy atom. The van der Waals surface area contributed by atoms with Gasteiger partial charge in [-0.05, 0) is 43.4 Å². The fraction of sp³-hybridized carbons (Fsp3) is 0.524. The second-order valence-corrected chi connectivity index (χ2v) is 8.14. The first-order chi connectivity index (χ1) is 12.2. The van der Waals surface area contributed by atoms with Crippen LogP contribution in [0.1, 0.15) is 49.5 Å². The summed E-state index contributed by atoms with van der Waals surface area (Å²) in [6.07, 6.45) is 14.4. The van der Waals surface area contributed by atoms with Crippen molar-refractivity contribution >= 4 is 5.91 Å². The number of hydrogen-bond donors (Lipinski definition) is 1. The van der Waals surface area contributed by atoms with E-state index >= 15 is 0 Å². The van der Waals surface area contributed by atoms with Crippen LogP contribution in [-0.2, 0) is 0 Å². The zero-order valence-electron chi connectivity index (χ0n) is 14.7. The minimum Gasteiger partial charge on any atom is -0.368 e. The summed E-state index contributed by atoms with van der Waals surface area (Å²) in [4.78, 5) is 19.9. The van der Waals surface area contributed by atoms with E-state index in [4.69, 9.17) is 0 Å². The average molecular weight is 335 g/mol. The van der Waals surface area contributed by atoms with Crippen molar-refractivity contribution in [2.75, 3.05) is 0 Å². The van der Waals surface area contributed by atoms with Crippen LogP contribution in [-0.4, -0.2) is 28.0 Å². The number of aromatic nitrogens is 1. The standard InChI is InChI=1S/C21H25N3O/c1-21-14-8-2-4-10-16(14)23-20(21)24(18-12-5-3-9-15(18)21)19(25)17-11-6-7-13-22-17/h2,4,6-7,10-11,13-15,18,20,23H,3,5,8-9,12H2,1H3/t14?,15-,18-,20-,21+/m0/s1. The number of carbonyl (C=O) groups excluding carboxylic acids is 1. The Morgan fingerprint density at radius 1 is 1.32 bits per heavy atom. The third-order valence-electron chi connectivity index (χ3n) is 7.08. The molecule has 0 radical (unpaired) electrons. The molecular weight excluding hydrogens is 310 g/mol. The van der Waals surface area contributed by atoms with Crippen LogP contribution in [0.5, 0.6) is 0 Å². The molecule has 5 rings (SSSR count). The summed E-state index contributed by atoms with van der Waals surface area (Å²) in [6.45, 7) is 2.42. The van der Waals surface area contributed by atoms with E-state index in [2.05, 4.69) is 40.4 Å². The van der Waals surface area contributed by atoms with Crippen LogP contribution in [0.15, 0.2) is 48.3 Å². The third-order valence-corrected chi connectivity index (χ3v) is 7.08. The Balaban J connectivity index is 1.58. The zero-order valence-corrected chi connectivity index (χ0v) is 14.7. The Bertz CT molecular complexity index is 756. The molecule has 1 N–H and O–H groups in total. The molecule has 1 amide bonds. The lowest BCUT2D eigenvalue weighted by atomic mass is 9.63. The molecule has 2 saturated heterocycles. The van der Waals surface area contributed by atoms with Crippen molar-refractivity contribution in [2.24, 2.45) is 17.3 Å². The summed E-state index contributed by atoms with van der Waals surface area (Å²) in [5, 5.41) is 3.74. The van der Waals surface area contributed by atoms with Gasteiger partial charge in [0.15, 0.2) is 0 Å². The molecule has 130 valence electrons. The minimum atomic E-state index is 0.0888. The van der Waals surface area contributed by atoms with E-state index in [1.165, 1.54) is 25.0 Å². The van der Waals surface area contributed by atoms with E-state index in [0.717, 1.165) is 12.8 Å². The van der Waals surface area contributed by atoms with Gasteiger partial charge in [-0.25, -0.2) is 0 Å². The number of hydrogen-bond acceptors (Lipinski definition) is 3. The number of likely N-dealkylation sites (tertiary alicyclic amines) is 1. The van der Waals surface area contributed by atoms with Crippen LogP contribution in [0, 0.1) is 17.3 Å². The first kappa shape index (κ1) is 15.2. The van der Waals surface area contributed by atoms with Crippen molar-refractivity contribution in [3.8, 4) is 0 Å². The Labute approximate surface area is 149 Å². The molecule has 1 aromatic heterocycles. The van der Waals surface area contributed by atoms with Crippen molar-refractivity contribution in [3.63, 3.8) is 0 Å². The molecule has 2 aliphatic carbocycles. The molecular formula is C21H25N3O. The van der Waals surface area contributed by atoms with Gasteiger partial charge in [0.25, 0.3) is 5.91 Å². The van der Waals surface area contributed by atoms with Gasteiger partial charge in [-0.2, -0.15) is 0 Å². The second kappa shape index (κ2) is 5.45. The zero-order chi connectivity index (χ0) is 17.0. The second-order valence-electron chi connectivity index (χ2n) is 8.14. The fourth-order valence-corrected chi connectivity index (χ4v) is 5.95. The lowest BCUT2D eigenvalue weighted by Crippen LogP contribution is -2.49. The van der Waals surface area contributed by atoms with E-state index in [1.807, 2.05) is 18.2 Å². The number of fused-ring (bicyclic) bond motifs is 5. The summed E-state index contributed by atoms with van der Waals surface area (Å²) < 4.78 is 0. The Hall–Kier alpha value is -2.10. The predicted molar refractivity (Wildman–Crippen MR) is 96.5 cm³/mol. The van der Waals surface area contributed by atoms with E-state index in [-0.39, 0.29) is 17.5 Å². The molecule has 4 heteroatoms. The number of rotatable bonds is 1. The van der Waals surface area contributed by atoms with E-state index in [0.29, 0.717) is 23.6 Å². The molecule has 0 bridgehead atoms. The van der Waals surface area contributed by atoms with Gasteiger partial charge in [0.1, 0.15) is 11.9 Å². The summed E-state index contributed by atoms with van der Waals surface area (Å²) >= 11 is 0. The molecule has 2 aliphatic heterocycles. The van der Waals surface area contributed by atoms with Crippen LogP contribution >= 0.6 is 0 Å². The van der Waals surface area contributed by atoms with Gasteiger partial charge in [0.05, 0.1) is 0 Å². The minimum absolute atomic E-state index is 0.0888. The van der Waals surface area contributed by atoms with Crippen LogP contribution in [0.25, 0.3) is 0 Å². The lowest BCUT2D eigenvalue weighted by molar-refractivity contribution is 0.0584. The monoisotopic (exact) mass is 335 g/mol.